The van der Waals surface area contributed by atoms with Crippen LogP contribution in [-0.2, 0) is 14.3 Å². The normalized spacial score (nSPS) is 14.8. The van der Waals surface area contributed by atoms with E-state index < -0.39 is 11.9 Å². The molecule has 320 valence electrons. The number of methoxy groups -OCH3 is 1. The molecule has 2 aliphatic carbocycles. The molecule has 2 aliphatic heterocycles. The number of aromatic carboxylic acids is 1. The number of carboxylic acid groups (broad SMARTS) is 1. The summed E-state index contributed by atoms with van der Waals surface area (Å²) >= 11 is 0. The van der Waals surface area contributed by atoms with Crippen LogP contribution in [0.4, 0.5) is 45.8 Å². The molecule has 6 aromatic rings. The number of carbonyl (C=O) groups excluding carboxylic acids is 3. The van der Waals surface area contributed by atoms with Crippen LogP contribution >= 0.6 is 0 Å². The largest absolute Gasteiger partial charge is 0.481 e. The van der Waals surface area contributed by atoms with Gasteiger partial charge >= 0.3 is 11.9 Å². The van der Waals surface area contributed by atoms with Crippen LogP contribution in [0.2, 0.25) is 0 Å². The summed E-state index contributed by atoms with van der Waals surface area (Å²) in [7, 11) is 1.36. The summed E-state index contributed by atoms with van der Waals surface area (Å²) in [5.41, 5.74) is 6.72. The fourth-order valence-corrected chi connectivity index (χ4v) is 7.32. The topological polar surface area (TPSA) is 173 Å². The fourth-order valence-electron chi connectivity index (χ4n) is 7.32. The third kappa shape index (κ3) is 9.30. The van der Waals surface area contributed by atoms with E-state index in [2.05, 4.69) is 20.6 Å². The number of amides is 2. The van der Waals surface area contributed by atoms with Crippen LogP contribution in [0.25, 0.3) is 0 Å². The Hall–Kier alpha value is -7.74. The lowest BCUT2D eigenvalue weighted by Crippen LogP contribution is -2.35. The van der Waals surface area contributed by atoms with Gasteiger partial charge in [-0.15, -0.1) is 0 Å². The van der Waals surface area contributed by atoms with Crippen LogP contribution in [0.3, 0.4) is 0 Å². The Morgan fingerprint density at radius 3 is 1.48 bits per heavy atom. The molecule has 14 nitrogen and oxygen atoms in total. The molecule has 0 bridgehead atoms. The summed E-state index contributed by atoms with van der Waals surface area (Å²) in [6, 6.07) is 33.1. The average molecular weight is 847 g/mol. The highest BCUT2D eigenvalue weighted by Gasteiger charge is 2.30. The fraction of sp³-hybridized carbons (Fsp3) is 0.224. The van der Waals surface area contributed by atoms with Crippen molar-refractivity contribution in [2.24, 2.45) is 0 Å². The number of carbonyl (C=O) groups is 4. The molecule has 0 atom stereocenters. The van der Waals surface area contributed by atoms with E-state index in [1.54, 1.807) is 52.5 Å². The highest BCUT2D eigenvalue weighted by Crippen LogP contribution is 2.44. The summed E-state index contributed by atoms with van der Waals surface area (Å²) in [4.78, 5) is 61.1. The molecule has 2 fully saturated rings. The Bertz CT molecular complexity index is 2670. The zero-order valence-corrected chi connectivity index (χ0v) is 35.0. The third-order valence-corrected chi connectivity index (χ3v) is 10.7. The molecule has 2 saturated carbocycles. The van der Waals surface area contributed by atoms with E-state index in [1.165, 1.54) is 7.11 Å². The summed E-state index contributed by atoms with van der Waals surface area (Å²) in [5, 5.41) is 15.9. The van der Waals surface area contributed by atoms with E-state index in [9.17, 15) is 24.3 Å². The number of anilines is 8. The van der Waals surface area contributed by atoms with E-state index in [1.807, 2.05) is 92.7 Å². The lowest BCUT2D eigenvalue weighted by molar-refractivity contribution is -0.121. The van der Waals surface area contributed by atoms with E-state index >= 15 is 0 Å². The Labute approximate surface area is 364 Å². The zero-order chi connectivity index (χ0) is 44.0. The lowest BCUT2D eigenvalue weighted by Gasteiger charge is -2.29. The Morgan fingerprint density at radius 2 is 1.06 bits per heavy atom. The van der Waals surface area contributed by atoms with Gasteiger partial charge in [0, 0.05) is 47.3 Å². The third-order valence-electron chi connectivity index (χ3n) is 10.7. The van der Waals surface area contributed by atoms with Gasteiger partial charge in [0.25, 0.3) is 11.8 Å². The number of hydrogen-bond donors (Lipinski definition) is 3. The van der Waals surface area contributed by atoms with Crippen LogP contribution in [0, 0.1) is 0 Å². The van der Waals surface area contributed by atoms with Gasteiger partial charge in [0.2, 0.25) is 0 Å². The van der Waals surface area contributed by atoms with Crippen LogP contribution < -0.4 is 29.9 Å². The number of ether oxygens (including phenoxy) is 3. The van der Waals surface area contributed by atoms with E-state index in [0.29, 0.717) is 57.5 Å². The Morgan fingerprint density at radius 1 is 0.635 bits per heavy atom. The minimum atomic E-state index is -1.03. The molecule has 0 saturated heterocycles. The molecule has 10 rings (SSSR count). The van der Waals surface area contributed by atoms with Crippen LogP contribution in [-0.4, -0.2) is 59.2 Å². The maximum Gasteiger partial charge on any atom is 0.341 e. The minimum Gasteiger partial charge on any atom is -0.481 e. The first-order chi connectivity index (χ1) is 30.7. The number of rotatable bonds is 10. The van der Waals surface area contributed by atoms with Crippen molar-refractivity contribution in [1.82, 2.24) is 9.97 Å². The van der Waals surface area contributed by atoms with Gasteiger partial charge in [-0.3, -0.25) is 19.4 Å². The van der Waals surface area contributed by atoms with E-state index in [-0.39, 0.29) is 36.4 Å². The quantitative estimate of drug-likeness (QED) is 0.112. The van der Waals surface area contributed by atoms with Gasteiger partial charge in [0.1, 0.15) is 34.3 Å². The van der Waals surface area contributed by atoms with Gasteiger partial charge in [-0.05, 0) is 109 Å². The van der Waals surface area contributed by atoms with Gasteiger partial charge in [0.15, 0.2) is 13.2 Å². The molecule has 4 aromatic carbocycles. The molecule has 3 N–H and O–H groups in total. The summed E-state index contributed by atoms with van der Waals surface area (Å²) in [6.45, 7) is 3.88. The number of fused-ring (bicyclic) bond motifs is 2. The standard InChI is InChI=1S/C24H21N3O4.C23H19N3O4.C2H6/c1-30-24(29)19-11-16(15-7-8-15)13-25-23(19)26-17-9-10-20-21(12-17)31-14-22(28)27(20)18-5-3-2-4-6-18;27-21-13-30-20-11-16(8-9-19(20)26(21)17-4-2-1-3-5-17)25-22-18(23(28)29)10-15(12-24-22)14-6-7-14;1-2/h2-6,9-13,15H,7-8,14H2,1H3,(H,25,26);1-5,8-12,14H,6-7,13H2,(H,24,25)(H,28,29);1-2H3. The van der Waals surface area contributed by atoms with Crippen LogP contribution in [0.1, 0.15) is 83.2 Å². The Balaban J connectivity index is 0.000000166. The summed E-state index contributed by atoms with van der Waals surface area (Å²) < 4.78 is 16.3. The van der Waals surface area contributed by atoms with Gasteiger partial charge in [-0.25, -0.2) is 19.6 Å². The SMILES string of the molecule is CC.COC(=O)c1cc(C2CC2)cnc1Nc1ccc2c(c1)OCC(=O)N2c1ccccc1.O=C(O)c1cc(C2CC2)cnc1Nc1ccc2c(c1)OCC(=O)N2c1ccccc1. The van der Waals surface area contributed by atoms with Crippen molar-refractivity contribution in [2.45, 2.75) is 51.4 Å². The van der Waals surface area contributed by atoms with Crippen LogP contribution in [0.5, 0.6) is 11.5 Å². The number of pyridine rings is 2. The van der Waals surface area contributed by atoms with Crippen molar-refractivity contribution in [3.63, 3.8) is 0 Å². The highest BCUT2D eigenvalue weighted by atomic mass is 16.5. The maximum absolute atomic E-state index is 12.5. The minimum absolute atomic E-state index is 0.0485. The van der Waals surface area contributed by atoms with Gasteiger partial charge < -0.3 is 30.0 Å². The maximum atomic E-state index is 12.5. The molecule has 0 unspecified atom stereocenters. The van der Waals surface area contributed by atoms with Crippen molar-refractivity contribution in [2.75, 3.05) is 40.8 Å². The first kappa shape index (κ1) is 42.0. The molecule has 0 spiro atoms. The molecular weight excluding hydrogens is 801 g/mol. The second kappa shape index (κ2) is 18.5. The molecule has 4 heterocycles. The zero-order valence-electron chi connectivity index (χ0n) is 35.0. The second-order valence-corrected chi connectivity index (χ2v) is 15.0. The number of esters is 1. The predicted molar refractivity (Wildman–Crippen MR) is 240 cm³/mol. The van der Waals surface area contributed by atoms with Crippen molar-refractivity contribution < 1.29 is 38.5 Å². The second-order valence-electron chi connectivity index (χ2n) is 15.0. The monoisotopic (exact) mass is 846 g/mol. The number of nitrogens with one attached hydrogen (secondary N) is 2. The van der Waals surface area contributed by atoms with Gasteiger partial charge in [0.05, 0.1) is 18.5 Å². The molecule has 0 radical (unpaired) electrons. The molecule has 2 amide bonds. The van der Waals surface area contributed by atoms with E-state index in [4.69, 9.17) is 14.2 Å². The van der Waals surface area contributed by atoms with Gasteiger partial charge in [-0.1, -0.05) is 50.2 Å². The molecule has 14 heteroatoms. The molecule has 4 aliphatic rings. The highest BCUT2D eigenvalue weighted by molar-refractivity contribution is 6.05. The summed E-state index contributed by atoms with van der Waals surface area (Å²) in [5.74, 6) is 0.950. The molecular formula is C49H46N6O8. The van der Waals surface area contributed by atoms with E-state index in [0.717, 1.165) is 48.2 Å². The number of hydrogen-bond acceptors (Lipinski definition) is 11. The summed E-state index contributed by atoms with van der Waals surface area (Å²) in [6.07, 6.45) is 7.93. The van der Waals surface area contributed by atoms with Crippen molar-refractivity contribution in [3.8, 4) is 11.5 Å². The van der Waals surface area contributed by atoms with Crippen molar-refractivity contribution in [1.29, 1.82) is 0 Å². The first-order valence-electron chi connectivity index (χ1n) is 20.9. The number of nitrogens with zero attached hydrogens (tertiary/aromatic N) is 4. The van der Waals surface area contributed by atoms with Crippen molar-refractivity contribution in [3.05, 3.63) is 144 Å². The predicted octanol–water partition coefficient (Wildman–Crippen LogP) is 10.0. The average Bonchev–Trinajstić information content (AvgIpc) is 4.26. The Kier molecular flexibility index (Phi) is 12.3. The smallest absolute Gasteiger partial charge is 0.341 e. The lowest BCUT2D eigenvalue weighted by atomic mass is 10.1. The number of carboxylic acids is 1. The number of para-hydroxylation sites is 2. The van der Waals surface area contributed by atoms with Crippen LogP contribution in [0.15, 0.2) is 122 Å². The number of benzene rings is 4. The molecule has 2 aromatic heterocycles. The molecule has 63 heavy (non-hydrogen) atoms. The van der Waals surface area contributed by atoms with Gasteiger partial charge in [-0.2, -0.15) is 0 Å². The number of aromatic nitrogens is 2. The first-order valence-corrected chi connectivity index (χ1v) is 20.9. The van der Waals surface area contributed by atoms with Crippen molar-refractivity contribution >= 4 is 69.5 Å².